The highest BCUT2D eigenvalue weighted by Crippen LogP contribution is 2.33. The van der Waals surface area contributed by atoms with Crippen LogP contribution in [-0.2, 0) is 11.2 Å². The van der Waals surface area contributed by atoms with Gasteiger partial charge in [0.25, 0.3) is 0 Å². The van der Waals surface area contributed by atoms with Gasteiger partial charge >= 0.3 is 0 Å². The van der Waals surface area contributed by atoms with Crippen LogP contribution in [-0.4, -0.2) is 24.5 Å². The molecule has 0 spiro atoms. The maximum absolute atomic E-state index is 12.7. The molecule has 0 saturated carbocycles. The van der Waals surface area contributed by atoms with E-state index in [9.17, 15) is 4.79 Å². The first-order valence-corrected chi connectivity index (χ1v) is 8.23. The first-order chi connectivity index (χ1) is 11.2. The van der Waals surface area contributed by atoms with Gasteiger partial charge in [0.15, 0.2) is 0 Å². The van der Waals surface area contributed by atoms with E-state index in [0.29, 0.717) is 11.4 Å². The number of amides is 1. The second-order valence-corrected chi connectivity index (χ2v) is 6.26. The van der Waals surface area contributed by atoms with Crippen LogP contribution in [0.1, 0.15) is 30.0 Å². The van der Waals surface area contributed by atoms with Crippen molar-refractivity contribution in [3.05, 3.63) is 64.7 Å². The van der Waals surface area contributed by atoms with Gasteiger partial charge in [-0.1, -0.05) is 35.9 Å². The van der Waals surface area contributed by atoms with Crippen molar-refractivity contribution in [2.24, 2.45) is 0 Å². The minimum Gasteiger partial charge on any atom is -0.497 e. The average molecular weight is 330 g/mol. The maximum Gasteiger partial charge on any atom is 0.227 e. The normalized spacial score (nSPS) is 17.3. The smallest absolute Gasteiger partial charge is 0.227 e. The summed E-state index contributed by atoms with van der Waals surface area (Å²) in [6.45, 7) is 0.823. The molecule has 1 fully saturated rings. The van der Waals surface area contributed by atoms with Gasteiger partial charge in [-0.3, -0.25) is 4.79 Å². The Balaban J connectivity index is 1.72. The molecule has 1 aliphatic rings. The minimum absolute atomic E-state index is 0.167. The van der Waals surface area contributed by atoms with Crippen LogP contribution in [0.15, 0.2) is 48.5 Å². The molecule has 0 radical (unpaired) electrons. The lowest BCUT2D eigenvalue weighted by Gasteiger charge is -2.25. The van der Waals surface area contributed by atoms with E-state index >= 15 is 0 Å². The quantitative estimate of drug-likeness (QED) is 0.839. The van der Waals surface area contributed by atoms with Crippen molar-refractivity contribution in [2.75, 3.05) is 13.7 Å². The van der Waals surface area contributed by atoms with Crippen LogP contribution in [0.5, 0.6) is 5.75 Å². The summed E-state index contributed by atoms with van der Waals surface area (Å²) in [6, 6.07) is 15.7. The summed E-state index contributed by atoms with van der Waals surface area (Å²) in [5.41, 5.74) is 2.17. The van der Waals surface area contributed by atoms with Crippen molar-refractivity contribution >= 4 is 17.5 Å². The Morgan fingerprint density at radius 3 is 2.52 bits per heavy atom. The minimum atomic E-state index is 0.167. The van der Waals surface area contributed by atoms with Crippen molar-refractivity contribution < 1.29 is 9.53 Å². The molecule has 23 heavy (non-hydrogen) atoms. The summed E-state index contributed by atoms with van der Waals surface area (Å²) in [7, 11) is 1.66. The van der Waals surface area contributed by atoms with Crippen molar-refractivity contribution in [1.82, 2.24) is 4.90 Å². The monoisotopic (exact) mass is 329 g/mol. The maximum atomic E-state index is 12.7. The van der Waals surface area contributed by atoms with E-state index in [0.717, 1.165) is 30.7 Å². The Labute approximate surface area is 141 Å². The molecule has 1 saturated heterocycles. The number of rotatable bonds is 4. The van der Waals surface area contributed by atoms with Crippen molar-refractivity contribution in [1.29, 1.82) is 0 Å². The number of ether oxygens (including phenoxy) is 1. The number of nitrogens with zero attached hydrogens (tertiary/aromatic N) is 1. The third-order valence-corrected chi connectivity index (χ3v) is 4.59. The molecule has 1 aliphatic heterocycles. The topological polar surface area (TPSA) is 29.5 Å². The van der Waals surface area contributed by atoms with Crippen LogP contribution >= 0.6 is 11.6 Å². The van der Waals surface area contributed by atoms with Gasteiger partial charge in [-0.2, -0.15) is 0 Å². The lowest BCUT2D eigenvalue weighted by atomic mass is 10.0. The zero-order valence-electron chi connectivity index (χ0n) is 13.2. The molecule has 3 rings (SSSR count). The van der Waals surface area contributed by atoms with Gasteiger partial charge in [0.2, 0.25) is 5.91 Å². The van der Waals surface area contributed by atoms with Gasteiger partial charge in [-0.25, -0.2) is 0 Å². The highest BCUT2D eigenvalue weighted by atomic mass is 35.5. The van der Waals surface area contributed by atoms with Crippen LogP contribution in [0.25, 0.3) is 0 Å². The molecule has 2 aromatic carbocycles. The SMILES string of the molecule is COc1ccc(C2CCCN2C(=O)Cc2ccc(Cl)cc2)cc1. The predicted octanol–water partition coefficient (Wildman–Crippen LogP) is 4.25. The van der Waals surface area contributed by atoms with Gasteiger partial charge in [-0.05, 0) is 48.2 Å². The second-order valence-electron chi connectivity index (χ2n) is 5.82. The zero-order chi connectivity index (χ0) is 16.2. The largest absolute Gasteiger partial charge is 0.497 e. The number of hydrogen-bond donors (Lipinski definition) is 0. The van der Waals surface area contributed by atoms with Crippen molar-refractivity contribution in [3.63, 3.8) is 0 Å². The first kappa shape index (κ1) is 15.9. The van der Waals surface area contributed by atoms with Gasteiger partial charge in [0, 0.05) is 11.6 Å². The molecule has 0 aromatic heterocycles. The first-order valence-electron chi connectivity index (χ1n) is 7.85. The number of likely N-dealkylation sites (tertiary alicyclic amines) is 1. The lowest BCUT2D eigenvalue weighted by Crippen LogP contribution is -2.31. The summed E-state index contributed by atoms with van der Waals surface area (Å²) in [4.78, 5) is 14.7. The molecule has 4 heteroatoms. The summed E-state index contributed by atoms with van der Waals surface area (Å²) >= 11 is 5.90. The van der Waals surface area contributed by atoms with E-state index in [1.165, 1.54) is 5.56 Å². The number of methoxy groups -OCH3 is 1. The molecule has 0 aliphatic carbocycles. The molecule has 1 atom stereocenters. The average Bonchev–Trinajstić information content (AvgIpc) is 3.07. The number of carbonyl (C=O) groups is 1. The van der Waals surface area contributed by atoms with Crippen LogP contribution in [0.2, 0.25) is 5.02 Å². The van der Waals surface area contributed by atoms with Gasteiger partial charge in [0.05, 0.1) is 19.6 Å². The Hall–Kier alpha value is -2.00. The molecule has 0 N–H and O–H groups in total. The van der Waals surface area contributed by atoms with E-state index in [4.69, 9.17) is 16.3 Å². The Morgan fingerprint density at radius 1 is 1.17 bits per heavy atom. The van der Waals surface area contributed by atoms with Gasteiger partial charge in [-0.15, -0.1) is 0 Å². The van der Waals surface area contributed by atoms with Crippen molar-refractivity contribution in [2.45, 2.75) is 25.3 Å². The molecule has 120 valence electrons. The fourth-order valence-corrected chi connectivity index (χ4v) is 3.24. The molecular weight excluding hydrogens is 310 g/mol. The molecule has 3 nitrogen and oxygen atoms in total. The molecule has 2 aromatic rings. The van der Waals surface area contributed by atoms with E-state index in [-0.39, 0.29) is 11.9 Å². The highest BCUT2D eigenvalue weighted by molar-refractivity contribution is 6.30. The van der Waals surface area contributed by atoms with E-state index in [1.807, 2.05) is 41.3 Å². The summed E-state index contributed by atoms with van der Waals surface area (Å²) in [5, 5.41) is 0.693. The Morgan fingerprint density at radius 2 is 1.87 bits per heavy atom. The number of halogens is 1. The summed E-state index contributed by atoms with van der Waals surface area (Å²) in [6.07, 6.45) is 2.48. The number of carbonyl (C=O) groups excluding carboxylic acids is 1. The van der Waals surface area contributed by atoms with Crippen LogP contribution in [0, 0.1) is 0 Å². The van der Waals surface area contributed by atoms with Crippen LogP contribution < -0.4 is 4.74 Å². The second kappa shape index (κ2) is 7.05. The Kier molecular flexibility index (Phi) is 4.87. The fourth-order valence-electron chi connectivity index (χ4n) is 3.12. The van der Waals surface area contributed by atoms with Gasteiger partial charge < -0.3 is 9.64 Å². The van der Waals surface area contributed by atoms with Crippen molar-refractivity contribution in [3.8, 4) is 5.75 Å². The molecular formula is C19H20ClNO2. The standard InChI is InChI=1S/C19H20ClNO2/c1-23-17-10-6-15(7-11-17)18-3-2-12-21(18)19(22)13-14-4-8-16(20)9-5-14/h4-11,18H,2-3,12-13H2,1H3. The van der Waals surface area contributed by atoms with Crippen LogP contribution in [0.3, 0.4) is 0 Å². The summed E-state index contributed by atoms with van der Waals surface area (Å²) in [5.74, 6) is 1.01. The molecule has 0 bridgehead atoms. The highest BCUT2D eigenvalue weighted by Gasteiger charge is 2.29. The van der Waals surface area contributed by atoms with Gasteiger partial charge in [0.1, 0.15) is 5.75 Å². The third-order valence-electron chi connectivity index (χ3n) is 4.34. The molecule has 1 unspecified atom stereocenters. The number of hydrogen-bond acceptors (Lipinski definition) is 2. The zero-order valence-corrected chi connectivity index (χ0v) is 13.9. The summed E-state index contributed by atoms with van der Waals surface area (Å²) < 4.78 is 5.20. The predicted molar refractivity (Wildman–Crippen MR) is 91.8 cm³/mol. The molecule has 1 heterocycles. The lowest BCUT2D eigenvalue weighted by molar-refractivity contribution is -0.131. The Bertz CT molecular complexity index is 667. The van der Waals surface area contributed by atoms with E-state index < -0.39 is 0 Å². The van der Waals surface area contributed by atoms with E-state index in [2.05, 4.69) is 12.1 Å². The fraction of sp³-hybridized carbons (Fsp3) is 0.316. The molecule has 1 amide bonds. The third kappa shape index (κ3) is 3.67. The van der Waals surface area contributed by atoms with Crippen LogP contribution in [0.4, 0.5) is 0 Å². The number of benzene rings is 2. The van der Waals surface area contributed by atoms with E-state index in [1.54, 1.807) is 7.11 Å².